The molecule has 2 aromatic carbocycles. The molecule has 0 spiro atoms. The molecule has 3 aromatic rings. The van der Waals surface area contributed by atoms with E-state index in [0.717, 1.165) is 41.1 Å². The van der Waals surface area contributed by atoms with Gasteiger partial charge in [0.25, 0.3) is 11.8 Å². The van der Waals surface area contributed by atoms with Gasteiger partial charge in [0, 0.05) is 34.3 Å². The van der Waals surface area contributed by atoms with Crippen LogP contribution in [0.1, 0.15) is 45.6 Å². The normalized spacial score (nSPS) is 15.0. The van der Waals surface area contributed by atoms with Crippen LogP contribution in [0.3, 0.4) is 0 Å². The van der Waals surface area contributed by atoms with E-state index in [1.54, 1.807) is 17.7 Å². The first-order valence-electron chi connectivity index (χ1n) is 12.6. The summed E-state index contributed by atoms with van der Waals surface area (Å²) < 4.78 is 1.79. The van der Waals surface area contributed by atoms with Gasteiger partial charge in [0.2, 0.25) is 0 Å². The quantitative estimate of drug-likeness (QED) is 0.188. The summed E-state index contributed by atoms with van der Waals surface area (Å²) in [6, 6.07) is 20.1. The van der Waals surface area contributed by atoms with Gasteiger partial charge in [0.05, 0.1) is 11.4 Å². The fourth-order valence-corrected chi connectivity index (χ4v) is 4.93. The van der Waals surface area contributed by atoms with E-state index in [2.05, 4.69) is 19.1 Å². The molecule has 1 aliphatic rings. The number of carbonyl (C=O) groups is 2. The molecule has 2 heterocycles. The number of imide groups is 1. The van der Waals surface area contributed by atoms with Gasteiger partial charge in [0.1, 0.15) is 11.6 Å². The molecule has 0 radical (unpaired) electrons. The molecule has 7 heteroatoms. The number of unbranched alkanes of at least 4 members (excludes halogenated alkanes) is 1. The molecule has 0 saturated heterocycles. The van der Waals surface area contributed by atoms with Crippen LogP contribution in [-0.4, -0.2) is 38.8 Å². The summed E-state index contributed by atoms with van der Waals surface area (Å²) in [4.78, 5) is 28.7. The number of para-hydroxylation sites is 1. The molecular weight excluding hydrogens is 480 g/mol. The minimum absolute atomic E-state index is 0.0104. The predicted octanol–water partition coefficient (Wildman–Crippen LogP) is 6.43. The SMILES string of the molecule is CCCCN1C(=O)C(=Cc2cn(-c3ccccc3)nc2-c2ccc(SCCC)cc2)C(C)=C(C#N)C1=O. The Morgan fingerprint density at radius 3 is 2.38 bits per heavy atom. The van der Waals surface area contributed by atoms with E-state index in [0.29, 0.717) is 17.6 Å². The highest BCUT2D eigenvalue weighted by Crippen LogP contribution is 2.32. The van der Waals surface area contributed by atoms with E-state index in [-0.39, 0.29) is 18.0 Å². The van der Waals surface area contributed by atoms with Gasteiger partial charge in [-0.2, -0.15) is 10.4 Å². The van der Waals surface area contributed by atoms with Gasteiger partial charge in [-0.25, -0.2) is 4.68 Å². The third-order valence-corrected chi connectivity index (χ3v) is 7.44. The number of rotatable bonds is 9. The molecule has 4 rings (SSSR count). The van der Waals surface area contributed by atoms with Gasteiger partial charge < -0.3 is 0 Å². The van der Waals surface area contributed by atoms with Crippen LogP contribution in [-0.2, 0) is 9.59 Å². The number of hydrogen-bond donors (Lipinski definition) is 0. The zero-order valence-electron chi connectivity index (χ0n) is 21.4. The van der Waals surface area contributed by atoms with Crippen molar-refractivity contribution in [2.45, 2.75) is 44.9 Å². The summed E-state index contributed by atoms with van der Waals surface area (Å²) in [6.07, 6.45) is 6.27. The molecule has 188 valence electrons. The van der Waals surface area contributed by atoms with Crippen molar-refractivity contribution in [3.8, 4) is 23.0 Å². The second-order valence-corrected chi connectivity index (χ2v) is 10.0. The summed E-state index contributed by atoms with van der Waals surface area (Å²) in [7, 11) is 0. The van der Waals surface area contributed by atoms with E-state index in [1.165, 1.54) is 9.80 Å². The Morgan fingerprint density at radius 1 is 1.00 bits per heavy atom. The Hall–Kier alpha value is -3.89. The molecule has 0 fully saturated rings. The Balaban J connectivity index is 1.84. The van der Waals surface area contributed by atoms with E-state index in [1.807, 2.05) is 73.4 Å². The molecule has 0 N–H and O–H groups in total. The maximum Gasteiger partial charge on any atom is 0.271 e. The first-order valence-corrected chi connectivity index (χ1v) is 13.5. The molecule has 0 unspecified atom stereocenters. The molecule has 1 aromatic heterocycles. The molecule has 6 nitrogen and oxygen atoms in total. The Labute approximate surface area is 222 Å². The molecule has 0 atom stereocenters. The molecule has 0 aliphatic carbocycles. The summed E-state index contributed by atoms with van der Waals surface area (Å²) in [5.41, 5.74) is 4.03. The number of amides is 2. The number of nitriles is 1. The number of benzene rings is 2. The van der Waals surface area contributed by atoms with Gasteiger partial charge in [-0.05, 0) is 61.4 Å². The highest BCUT2D eigenvalue weighted by Gasteiger charge is 2.35. The van der Waals surface area contributed by atoms with Crippen molar-refractivity contribution >= 4 is 29.7 Å². The zero-order chi connectivity index (χ0) is 26.4. The number of hydrogen-bond acceptors (Lipinski definition) is 5. The topological polar surface area (TPSA) is 79.0 Å². The van der Waals surface area contributed by atoms with Gasteiger partial charge in [0.15, 0.2) is 0 Å². The molecule has 37 heavy (non-hydrogen) atoms. The summed E-state index contributed by atoms with van der Waals surface area (Å²) in [5, 5.41) is 14.6. The Kier molecular flexibility index (Phi) is 8.42. The molecule has 0 saturated carbocycles. The second-order valence-electron chi connectivity index (χ2n) is 8.87. The Bertz CT molecular complexity index is 1400. The van der Waals surface area contributed by atoms with Crippen LogP contribution < -0.4 is 0 Å². The molecule has 0 bridgehead atoms. The van der Waals surface area contributed by atoms with Crippen molar-refractivity contribution < 1.29 is 9.59 Å². The van der Waals surface area contributed by atoms with Crippen LogP contribution in [0.4, 0.5) is 0 Å². The predicted molar refractivity (Wildman–Crippen MR) is 148 cm³/mol. The van der Waals surface area contributed by atoms with Crippen molar-refractivity contribution in [1.29, 1.82) is 5.26 Å². The molecular formula is C30H30N4O2S. The average molecular weight is 511 g/mol. The lowest BCUT2D eigenvalue weighted by molar-refractivity contribution is -0.140. The monoisotopic (exact) mass is 510 g/mol. The van der Waals surface area contributed by atoms with Crippen molar-refractivity contribution in [3.05, 3.63) is 83.1 Å². The van der Waals surface area contributed by atoms with Crippen LogP contribution >= 0.6 is 11.8 Å². The van der Waals surface area contributed by atoms with Crippen molar-refractivity contribution in [3.63, 3.8) is 0 Å². The average Bonchev–Trinajstić information content (AvgIpc) is 3.35. The van der Waals surface area contributed by atoms with E-state index < -0.39 is 5.91 Å². The minimum atomic E-state index is -0.518. The van der Waals surface area contributed by atoms with Crippen LogP contribution in [0.5, 0.6) is 0 Å². The highest BCUT2D eigenvalue weighted by molar-refractivity contribution is 7.99. The van der Waals surface area contributed by atoms with E-state index in [4.69, 9.17) is 5.10 Å². The summed E-state index contributed by atoms with van der Waals surface area (Å²) in [6.45, 7) is 6.11. The van der Waals surface area contributed by atoms with Gasteiger partial charge >= 0.3 is 0 Å². The maximum absolute atomic E-state index is 13.5. The second kappa shape index (κ2) is 11.9. The van der Waals surface area contributed by atoms with E-state index in [9.17, 15) is 14.9 Å². The number of thioether (sulfide) groups is 1. The smallest absolute Gasteiger partial charge is 0.271 e. The lowest BCUT2D eigenvalue weighted by Crippen LogP contribution is -2.43. The first kappa shape index (κ1) is 26.2. The standard InChI is InChI=1S/C30H30N4O2S/c1-4-6-16-33-29(35)26(21(3)27(19-31)30(33)36)18-23-20-34(24-10-8-7-9-11-24)32-28(23)22-12-14-25(15-13-22)37-17-5-2/h7-15,18,20H,4-6,16-17H2,1-3H3. The van der Waals surface area contributed by atoms with Crippen molar-refractivity contribution in [2.75, 3.05) is 12.3 Å². The van der Waals surface area contributed by atoms with Crippen LogP contribution in [0, 0.1) is 11.3 Å². The third kappa shape index (κ3) is 5.60. The lowest BCUT2D eigenvalue weighted by atomic mass is 9.93. The van der Waals surface area contributed by atoms with Gasteiger partial charge in [-0.3, -0.25) is 14.5 Å². The fraction of sp³-hybridized carbons (Fsp3) is 0.267. The number of carbonyl (C=O) groups excluding carboxylic acids is 2. The molecule has 1 aliphatic heterocycles. The first-order chi connectivity index (χ1) is 18.0. The Morgan fingerprint density at radius 2 is 1.73 bits per heavy atom. The summed E-state index contributed by atoms with van der Waals surface area (Å²) in [5.74, 6) is 0.164. The van der Waals surface area contributed by atoms with Crippen molar-refractivity contribution in [1.82, 2.24) is 14.7 Å². The van der Waals surface area contributed by atoms with Crippen LogP contribution in [0.2, 0.25) is 0 Å². The van der Waals surface area contributed by atoms with Crippen LogP contribution in [0.15, 0.2) is 82.4 Å². The highest BCUT2D eigenvalue weighted by atomic mass is 32.2. The number of aromatic nitrogens is 2. The van der Waals surface area contributed by atoms with Crippen LogP contribution in [0.25, 0.3) is 23.0 Å². The number of nitrogens with zero attached hydrogens (tertiary/aromatic N) is 4. The zero-order valence-corrected chi connectivity index (χ0v) is 22.2. The fourth-order valence-electron chi connectivity index (χ4n) is 4.16. The summed E-state index contributed by atoms with van der Waals surface area (Å²) >= 11 is 1.81. The largest absolute Gasteiger partial charge is 0.274 e. The van der Waals surface area contributed by atoms with Gasteiger partial charge in [-0.15, -0.1) is 11.8 Å². The third-order valence-electron chi connectivity index (χ3n) is 6.22. The van der Waals surface area contributed by atoms with Crippen molar-refractivity contribution in [2.24, 2.45) is 0 Å². The lowest BCUT2D eigenvalue weighted by Gasteiger charge is -2.27. The minimum Gasteiger partial charge on any atom is -0.274 e. The molecule has 2 amide bonds. The van der Waals surface area contributed by atoms with E-state index >= 15 is 0 Å². The van der Waals surface area contributed by atoms with Gasteiger partial charge in [-0.1, -0.05) is 50.6 Å². The maximum atomic E-state index is 13.5.